The Bertz CT molecular complexity index is 1520. The minimum absolute atomic E-state index is 0.225. The molecule has 2 heterocycles. The summed E-state index contributed by atoms with van der Waals surface area (Å²) < 4.78 is 0. The molecule has 1 amide bonds. The smallest absolute Gasteiger partial charge is 0.240 e. The van der Waals surface area contributed by atoms with Crippen molar-refractivity contribution >= 4 is 28.4 Å². The molecular formula is C33H34ClN3O4. The molecule has 0 bridgehead atoms. The molecule has 1 aliphatic heterocycles. The number of hydrogen-bond acceptors (Lipinski definition) is 5. The van der Waals surface area contributed by atoms with Gasteiger partial charge in [0.25, 0.3) is 0 Å². The average Bonchev–Trinajstić information content (AvgIpc) is 3.57. The highest BCUT2D eigenvalue weighted by atomic mass is 35.5. The van der Waals surface area contributed by atoms with Gasteiger partial charge < -0.3 is 20.5 Å². The van der Waals surface area contributed by atoms with Crippen molar-refractivity contribution in [2.75, 3.05) is 13.2 Å². The first kappa shape index (κ1) is 28.9. The van der Waals surface area contributed by atoms with Gasteiger partial charge in [-0.25, -0.2) is 0 Å². The fourth-order valence-corrected chi connectivity index (χ4v) is 5.41. The fraction of sp³-hybridized carbons (Fsp3) is 0.303. The molecule has 3 aromatic carbocycles. The number of carbonyl (C=O) groups is 1. The summed E-state index contributed by atoms with van der Waals surface area (Å²) in [6.45, 7) is 2.14. The lowest BCUT2D eigenvalue weighted by Gasteiger charge is -2.24. The molecule has 0 spiro atoms. The Morgan fingerprint density at radius 1 is 1.07 bits per heavy atom. The number of aryl methyl sites for hydroxylation is 1. The van der Waals surface area contributed by atoms with E-state index in [1.807, 2.05) is 60.8 Å². The van der Waals surface area contributed by atoms with Crippen LogP contribution in [0.25, 0.3) is 10.9 Å². The number of aromatic nitrogens is 1. The Labute approximate surface area is 245 Å². The molecule has 0 radical (unpaired) electrons. The van der Waals surface area contributed by atoms with Gasteiger partial charge in [-0.05, 0) is 73.4 Å². The highest BCUT2D eigenvalue weighted by molar-refractivity contribution is 6.30. The molecule has 4 atom stereocenters. The van der Waals surface area contributed by atoms with E-state index in [-0.39, 0.29) is 12.5 Å². The highest BCUT2D eigenvalue weighted by Gasteiger charge is 2.48. The van der Waals surface area contributed by atoms with Gasteiger partial charge in [-0.15, -0.1) is 0 Å². The van der Waals surface area contributed by atoms with E-state index in [1.54, 1.807) is 24.1 Å². The van der Waals surface area contributed by atoms with Crippen LogP contribution in [0.1, 0.15) is 35.6 Å². The van der Waals surface area contributed by atoms with Crippen molar-refractivity contribution in [3.8, 4) is 11.8 Å². The number of aliphatic hydroxyl groups is 2. The number of nitrogens with zero attached hydrogens (tertiary/aromatic N) is 1. The molecule has 0 saturated carbocycles. The zero-order valence-corrected chi connectivity index (χ0v) is 23.6. The summed E-state index contributed by atoms with van der Waals surface area (Å²) in [5.74, 6) is 5.48. The number of aliphatic hydroxyl groups excluding tert-OH is 2. The maximum Gasteiger partial charge on any atom is 0.240 e. The lowest BCUT2D eigenvalue weighted by Crippen LogP contribution is -2.47. The van der Waals surface area contributed by atoms with Crippen LogP contribution in [0.4, 0.5) is 0 Å². The van der Waals surface area contributed by atoms with Crippen LogP contribution < -0.4 is 5.32 Å². The zero-order chi connectivity index (χ0) is 28.8. The van der Waals surface area contributed by atoms with Gasteiger partial charge in [0, 0.05) is 45.7 Å². The van der Waals surface area contributed by atoms with E-state index in [9.17, 15) is 15.0 Å². The number of benzene rings is 3. The molecule has 5 rings (SSSR count). The van der Waals surface area contributed by atoms with Crippen molar-refractivity contribution in [3.05, 3.63) is 106 Å². The van der Waals surface area contributed by atoms with Gasteiger partial charge in [0.1, 0.15) is 12.1 Å². The predicted molar refractivity (Wildman–Crippen MR) is 160 cm³/mol. The second-order valence-corrected chi connectivity index (χ2v) is 10.8. The molecule has 0 unspecified atom stereocenters. The number of halogens is 1. The first-order chi connectivity index (χ1) is 19.9. The number of hydroxylamine groups is 2. The van der Waals surface area contributed by atoms with Gasteiger partial charge in [-0.2, -0.15) is 5.06 Å². The topological polar surface area (TPSA) is 97.8 Å². The molecule has 4 aromatic rings. The van der Waals surface area contributed by atoms with Crippen LogP contribution in [0.5, 0.6) is 0 Å². The van der Waals surface area contributed by atoms with Crippen molar-refractivity contribution in [3.63, 3.8) is 0 Å². The first-order valence-electron chi connectivity index (χ1n) is 13.8. The van der Waals surface area contributed by atoms with Crippen molar-refractivity contribution in [2.24, 2.45) is 5.92 Å². The fourth-order valence-electron chi connectivity index (χ4n) is 5.29. The minimum Gasteiger partial charge on any atom is -0.396 e. The number of rotatable bonds is 9. The third kappa shape index (κ3) is 6.99. The molecule has 8 heteroatoms. The Balaban J connectivity index is 1.22. The van der Waals surface area contributed by atoms with E-state index in [0.717, 1.165) is 35.0 Å². The van der Waals surface area contributed by atoms with Crippen molar-refractivity contribution in [2.45, 2.75) is 44.6 Å². The summed E-state index contributed by atoms with van der Waals surface area (Å²) in [5, 5.41) is 27.0. The third-order valence-corrected chi connectivity index (χ3v) is 7.69. The number of H-pyrrole nitrogens is 1. The molecule has 0 aliphatic carbocycles. The van der Waals surface area contributed by atoms with Crippen LogP contribution in [0.3, 0.4) is 0 Å². The molecular weight excluding hydrogens is 538 g/mol. The third-order valence-electron chi connectivity index (χ3n) is 7.43. The Kier molecular flexibility index (Phi) is 9.40. The van der Waals surface area contributed by atoms with E-state index in [0.29, 0.717) is 18.1 Å². The van der Waals surface area contributed by atoms with Gasteiger partial charge in [0.2, 0.25) is 5.91 Å². The van der Waals surface area contributed by atoms with E-state index in [4.69, 9.17) is 16.4 Å². The number of fused-ring (bicyclic) bond motifs is 1. The van der Waals surface area contributed by atoms with Gasteiger partial charge in [-0.1, -0.05) is 53.8 Å². The highest BCUT2D eigenvalue weighted by Crippen LogP contribution is 2.31. The lowest BCUT2D eigenvalue weighted by atomic mass is 9.92. The number of amides is 1. The maximum absolute atomic E-state index is 13.4. The van der Waals surface area contributed by atoms with E-state index < -0.39 is 24.2 Å². The van der Waals surface area contributed by atoms with Crippen LogP contribution in [-0.4, -0.2) is 57.6 Å². The maximum atomic E-state index is 13.4. The first-order valence-corrected chi connectivity index (χ1v) is 14.2. The summed E-state index contributed by atoms with van der Waals surface area (Å²) in [5.41, 5.74) is 4.96. The number of para-hydroxylation sites is 1. The zero-order valence-electron chi connectivity index (χ0n) is 22.9. The van der Waals surface area contributed by atoms with Crippen LogP contribution in [0, 0.1) is 17.8 Å². The largest absolute Gasteiger partial charge is 0.396 e. The summed E-state index contributed by atoms with van der Waals surface area (Å²) >= 11 is 5.94. The van der Waals surface area contributed by atoms with Crippen molar-refractivity contribution < 1.29 is 19.8 Å². The molecule has 1 aromatic heterocycles. The summed E-state index contributed by atoms with van der Waals surface area (Å²) in [6.07, 6.45) is 2.07. The summed E-state index contributed by atoms with van der Waals surface area (Å²) in [7, 11) is 0. The van der Waals surface area contributed by atoms with Crippen LogP contribution in [-0.2, 0) is 22.6 Å². The Morgan fingerprint density at radius 2 is 1.76 bits per heavy atom. The Morgan fingerprint density at radius 3 is 2.44 bits per heavy atom. The number of hydrogen-bond donors (Lipinski definition) is 4. The average molecular weight is 572 g/mol. The van der Waals surface area contributed by atoms with Gasteiger partial charge in [0.15, 0.2) is 0 Å². The van der Waals surface area contributed by atoms with Crippen LogP contribution in [0.15, 0.2) is 79.0 Å². The van der Waals surface area contributed by atoms with Crippen molar-refractivity contribution in [1.29, 1.82) is 0 Å². The van der Waals surface area contributed by atoms with Crippen molar-refractivity contribution in [1.82, 2.24) is 15.4 Å². The molecule has 1 aliphatic rings. The van der Waals surface area contributed by atoms with E-state index in [2.05, 4.69) is 28.2 Å². The van der Waals surface area contributed by atoms with E-state index >= 15 is 0 Å². The molecule has 7 nitrogen and oxygen atoms in total. The second-order valence-electron chi connectivity index (χ2n) is 10.4. The second kappa shape index (κ2) is 13.3. The Hall–Kier alpha value is -3.64. The molecule has 212 valence electrons. The molecule has 1 saturated heterocycles. The minimum atomic E-state index is -0.847. The predicted octanol–water partition coefficient (Wildman–Crippen LogP) is 4.44. The SMILES string of the molecule is C[C@H](O)[C@@H]1ON(Cc2ccc(C#Cc3ccc(Cl)cc3)cc2)[C@H](C(=O)NCCCc2c[nH]c3ccccc23)[C@@H]1CO. The molecule has 41 heavy (non-hydrogen) atoms. The summed E-state index contributed by atoms with van der Waals surface area (Å²) in [4.78, 5) is 22.7. The monoisotopic (exact) mass is 571 g/mol. The van der Waals surface area contributed by atoms with Gasteiger partial charge in [0.05, 0.1) is 19.3 Å². The van der Waals surface area contributed by atoms with Gasteiger partial charge >= 0.3 is 0 Å². The molecule has 1 fully saturated rings. The normalized spacial score (nSPS) is 19.6. The lowest BCUT2D eigenvalue weighted by molar-refractivity contribution is -0.192. The number of nitrogens with one attached hydrogen (secondary N) is 2. The summed E-state index contributed by atoms with van der Waals surface area (Å²) in [6, 6.07) is 22.5. The molecule has 4 N–H and O–H groups in total. The number of aromatic amines is 1. The number of carbonyl (C=O) groups excluding carboxylic acids is 1. The van der Waals surface area contributed by atoms with Crippen LogP contribution >= 0.6 is 11.6 Å². The standard InChI is InChI=1S/C33H34ClN3O4/c1-22(39)32-29(21-38)31(33(40)35-18-4-5-26-19-36-30-7-3-2-6-28(26)30)37(41-32)20-25-12-10-23(11-13-25)8-9-24-14-16-27(34)17-15-24/h2-3,6-7,10-17,19,22,29,31-32,36,38-39H,4-5,18,20-21H2,1H3,(H,35,40)/t22-,29-,31-,32-/m0/s1. The van der Waals surface area contributed by atoms with E-state index in [1.165, 1.54) is 10.9 Å². The van der Waals surface area contributed by atoms with Gasteiger partial charge in [-0.3, -0.25) is 9.63 Å². The quantitative estimate of drug-likeness (QED) is 0.176. The van der Waals surface area contributed by atoms with Crippen LogP contribution in [0.2, 0.25) is 5.02 Å².